The van der Waals surface area contributed by atoms with E-state index < -0.39 is 5.60 Å². The molecule has 0 N–H and O–H groups in total. The Morgan fingerprint density at radius 1 is 0.943 bits per heavy atom. The largest absolute Gasteiger partial charge is 0.362 e. The van der Waals surface area contributed by atoms with Gasteiger partial charge in [0.05, 0.1) is 23.7 Å². The Kier molecular flexibility index (Phi) is 5.83. The van der Waals surface area contributed by atoms with Crippen LogP contribution in [-0.2, 0) is 24.4 Å². The average molecular weight is 484 g/mol. The summed E-state index contributed by atoms with van der Waals surface area (Å²) in [5, 5.41) is 1.55. The van der Waals surface area contributed by atoms with Gasteiger partial charge < -0.3 is 13.9 Å². The zero-order valence-electron chi connectivity index (χ0n) is 20.1. The van der Waals surface area contributed by atoms with Crippen molar-refractivity contribution in [3.05, 3.63) is 123 Å². The topological polar surface area (TPSA) is 49.1 Å². The second-order valence-corrected chi connectivity index (χ2v) is 9.28. The standard InChI is InChI=1S/C29H26ClN3O2/c1-19-8-10-21(11-9-19)29(35-4,27-17-31-18-32(27)2)22-12-13-26-25(15-22)24(16-28(34)33(26)3)20-6-5-7-23(30)14-20/h5-18H,1-4H3. The van der Waals surface area contributed by atoms with Gasteiger partial charge in [0, 0.05) is 37.7 Å². The van der Waals surface area contributed by atoms with Gasteiger partial charge in [-0.3, -0.25) is 4.79 Å². The van der Waals surface area contributed by atoms with E-state index in [1.807, 2.05) is 54.2 Å². The number of aryl methyl sites for hydroxylation is 3. The molecule has 0 bridgehead atoms. The number of aromatic nitrogens is 3. The number of hydrogen-bond acceptors (Lipinski definition) is 3. The first-order valence-electron chi connectivity index (χ1n) is 11.3. The lowest BCUT2D eigenvalue weighted by Crippen LogP contribution is -2.33. The molecule has 0 aliphatic heterocycles. The normalized spacial score (nSPS) is 13.2. The van der Waals surface area contributed by atoms with Gasteiger partial charge in [0.25, 0.3) is 5.56 Å². The van der Waals surface area contributed by atoms with Crippen molar-refractivity contribution in [1.29, 1.82) is 0 Å². The third-order valence-corrected chi connectivity index (χ3v) is 6.97. The van der Waals surface area contributed by atoms with E-state index in [4.69, 9.17) is 16.3 Å². The molecule has 1 unspecified atom stereocenters. The highest BCUT2D eigenvalue weighted by molar-refractivity contribution is 6.30. The number of nitrogens with zero attached hydrogens (tertiary/aromatic N) is 3. The molecule has 0 spiro atoms. The minimum Gasteiger partial charge on any atom is -0.362 e. The highest BCUT2D eigenvalue weighted by Gasteiger charge is 2.39. The summed E-state index contributed by atoms with van der Waals surface area (Å²) < 4.78 is 10.0. The fourth-order valence-electron chi connectivity index (χ4n) is 4.86. The van der Waals surface area contributed by atoms with E-state index in [2.05, 4.69) is 42.2 Å². The number of imidazole rings is 1. The molecular weight excluding hydrogens is 458 g/mol. The summed E-state index contributed by atoms with van der Waals surface area (Å²) in [6.45, 7) is 2.07. The number of halogens is 1. The zero-order chi connectivity index (χ0) is 24.7. The van der Waals surface area contributed by atoms with Crippen molar-refractivity contribution in [3.63, 3.8) is 0 Å². The van der Waals surface area contributed by atoms with Gasteiger partial charge in [0.1, 0.15) is 0 Å². The predicted octanol–water partition coefficient (Wildman–Crippen LogP) is 5.84. The van der Waals surface area contributed by atoms with Crippen LogP contribution in [0.1, 0.15) is 22.4 Å². The maximum atomic E-state index is 12.8. The molecule has 6 heteroatoms. The molecule has 5 aromatic rings. The lowest BCUT2D eigenvalue weighted by atomic mass is 9.82. The number of fused-ring (bicyclic) bond motifs is 1. The van der Waals surface area contributed by atoms with Crippen molar-refractivity contribution in [3.8, 4) is 11.1 Å². The van der Waals surface area contributed by atoms with E-state index in [1.54, 1.807) is 31.1 Å². The van der Waals surface area contributed by atoms with Crippen LogP contribution in [0.15, 0.2) is 90.1 Å². The minimum absolute atomic E-state index is 0.0802. The molecule has 2 aromatic heterocycles. The van der Waals surface area contributed by atoms with E-state index in [1.165, 1.54) is 5.56 Å². The fourth-order valence-corrected chi connectivity index (χ4v) is 5.05. The molecule has 5 nitrogen and oxygen atoms in total. The summed E-state index contributed by atoms with van der Waals surface area (Å²) in [6.07, 6.45) is 3.62. The molecule has 0 radical (unpaired) electrons. The van der Waals surface area contributed by atoms with Crippen LogP contribution in [0, 0.1) is 6.92 Å². The van der Waals surface area contributed by atoms with E-state index in [0.29, 0.717) is 5.02 Å². The monoisotopic (exact) mass is 483 g/mol. The van der Waals surface area contributed by atoms with Crippen molar-refractivity contribution < 1.29 is 4.74 Å². The van der Waals surface area contributed by atoms with Crippen LogP contribution in [-0.4, -0.2) is 21.2 Å². The van der Waals surface area contributed by atoms with Gasteiger partial charge in [-0.1, -0.05) is 59.6 Å². The lowest BCUT2D eigenvalue weighted by molar-refractivity contribution is 0.0524. The van der Waals surface area contributed by atoms with Gasteiger partial charge in [-0.25, -0.2) is 4.98 Å². The first-order chi connectivity index (χ1) is 16.8. The van der Waals surface area contributed by atoms with E-state index in [9.17, 15) is 4.79 Å². The number of ether oxygens (including phenoxy) is 1. The molecule has 2 heterocycles. The molecule has 0 aliphatic rings. The van der Waals surface area contributed by atoms with Crippen molar-refractivity contribution in [2.75, 3.05) is 7.11 Å². The first-order valence-corrected chi connectivity index (χ1v) is 11.7. The molecule has 5 rings (SSSR count). The smallest absolute Gasteiger partial charge is 0.251 e. The minimum atomic E-state index is -0.909. The number of rotatable bonds is 5. The Morgan fingerprint density at radius 2 is 1.69 bits per heavy atom. The van der Waals surface area contributed by atoms with E-state index >= 15 is 0 Å². The van der Waals surface area contributed by atoms with Crippen LogP contribution >= 0.6 is 11.6 Å². The molecule has 35 heavy (non-hydrogen) atoms. The van der Waals surface area contributed by atoms with E-state index in [-0.39, 0.29) is 5.56 Å². The zero-order valence-corrected chi connectivity index (χ0v) is 20.9. The van der Waals surface area contributed by atoms with Gasteiger partial charge in [0.2, 0.25) is 0 Å². The van der Waals surface area contributed by atoms with Crippen molar-refractivity contribution in [1.82, 2.24) is 14.1 Å². The Balaban J connectivity index is 1.87. The third kappa shape index (κ3) is 3.77. The molecular formula is C29H26ClN3O2. The van der Waals surface area contributed by atoms with E-state index in [0.717, 1.165) is 38.9 Å². The summed E-state index contributed by atoms with van der Waals surface area (Å²) >= 11 is 6.31. The summed E-state index contributed by atoms with van der Waals surface area (Å²) in [4.78, 5) is 17.2. The molecule has 0 saturated carbocycles. The first kappa shape index (κ1) is 23.1. The maximum Gasteiger partial charge on any atom is 0.251 e. The Hall–Kier alpha value is -3.67. The number of pyridine rings is 1. The Morgan fingerprint density at radius 3 is 2.34 bits per heavy atom. The highest BCUT2D eigenvalue weighted by Crippen LogP contribution is 2.41. The third-order valence-electron chi connectivity index (χ3n) is 6.73. The Bertz CT molecular complexity index is 1600. The summed E-state index contributed by atoms with van der Waals surface area (Å²) in [5.41, 5.74) is 5.54. The highest BCUT2D eigenvalue weighted by atomic mass is 35.5. The molecule has 176 valence electrons. The summed E-state index contributed by atoms with van der Waals surface area (Å²) in [7, 11) is 5.47. The number of benzene rings is 3. The molecule has 3 aromatic carbocycles. The Labute approximate surface area is 209 Å². The number of methoxy groups -OCH3 is 1. The second-order valence-electron chi connectivity index (χ2n) is 8.84. The summed E-state index contributed by atoms with van der Waals surface area (Å²) in [6, 6.07) is 23.7. The SMILES string of the molecule is COC(c1ccc(C)cc1)(c1ccc2c(c1)c(-c1cccc(Cl)c1)cc(=O)n2C)c1cncn1C. The summed E-state index contributed by atoms with van der Waals surface area (Å²) in [5.74, 6) is 0. The quantitative estimate of drug-likeness (QED) is 0.315. The van der Waals surface area contributed by atoms with Gasteiger partial charge >= 0.3 is 0 Å². The van der Waals surface area contributed by atoms with Gasteiger partial charge in [0.15, 0.2) is 5.60 Å². The molecule has 0 fully saturated rings. The van der Waals surface area contributed by atoms with Crippen LogP contribution in [0.5, 0.6) is 0 Å². The van der Waals surface area contributed by atoms with Gasteiger partial charge in [-0.2, -0.15) is 0 Å². The van der Waals surface area contributed by atoms with Gasteiger partial charge in [-0.05, 0) is 53.4 Å². The van der Waals surface area contributed by atoms with Crippen molar-refractivity contribution >= 4 is 22.5 Å². The predicted molar refractivity (Wildman–Crippen MR) is 141 cm³/mol. The van der Waals surface area contributed by atoms with Crippen molar-refractivity contribution in [2.24, 2.45) is 14.1 Å². The lowest BCUT2D eigenvalue weighted by Gasteiger charge is -2.34. The van der Waals surface area contributed by atoms with Crippen LogP contribution in [0.25, 0.3) is 22.0 Å². The molecule has 0 saturated heterocycles. The van der Waals surface area contributed by atoms with Crippen LogP contribution in [0.4, 0.5) is 0 Å². The fraction of sp³-hybridized carbons (Fsp3) is 0.172. The molecule has 1 atom stereocenters. The van der Waals surface area contributed by atoms with Crippen LogP contribution in [0.2, 0.25) is 5.02 Å². The maximum absolute atomic E-state index is 12.8. The van der Waals surface area contributed by atoms with Crippen LogP contribution < -0.4 is 5.56 Å². The van der Waals surface area contributed by atoms with Gasteiger partial charge in [-0.15, -0.1) is 0 Å². The second kappa shape index (κ2) is 8.84. The van der Waals surface area contributed by atoms with Crippen molar-refractivity contribution in [2.45, 2.75) is 12.5 Å². The average Bonchev–Trinajstić information content (AvgIpc) is 3.29. The molecule has 0 amide bonds. The van der Waals surface area contributed by atoms with Crippen LogP contribution in [0.3, 0.4) is 0 Å². The molecule has 0 aliphatic carbocycles. The number of hydrogen-bond donors (Lipinski definition) is 0.